The fourth-order valence-electron chi connectivity index (χ4n) is 4.25. The van der Waals surface area contributed by atoms with E-state index in [4.69, 9.17) is 9.47 Å². The number of benzene rings is 2. The van der Waals surface area contributed by atoms with E-state index in [1.807, 2.05) is 30.3 Å². The number of aromatic amines is 1. The van der Waals surface area contributed by atoms with Gasteiger partial charge in [0.15, 0.2) is 0 Å². The van der Waals surface area contributed by atoms with E-state index < -0.39 is 18.0 Å². The maximum absolute atomic E-state index is 14.6. The molecule has 5 rings (SSSR count). The third-order valence-corrected chi connectivity index (χ3v) is 6.68. The molecule has 0 unspecified atom stereocenters. The summed E-state index contributed by atoms with van der Waals surface area (Å²) in [7, 11) is 0. The van der Waals surface area contributed by atoms with Crippen molar-refractivity contribution in [1.82, 2.24) is 25.2 Å². The molecule has 2 aromatic carbocycles. The molecule has 40 heavy (non-hydrogen) atoms. The van der Waals surface area contributed by atoms with E-state index in [1.165, 1.54) is 18.5 Å². The summed E-state index contributed by atoms with van der Waals surface area (Å²) in [5, 5.41) is 16.1. The van der Waals surface area contributed by atoms with E-state index in [0.717, 1.165) is 37.2 Å². The fourth-order valence-corrected chi connectivity index (χ4v) is 4.25. The summed E-state index contributed by atoms with van der Waals surface area (Å²) in [6.07, 6.45) is 2.68. The SMILES string of the molecule is CCN(CC)C[C@@H](O)COc1ccc(-c2cc3c(Oc4ccc(NC(=O)NC5CC5)c(F)c4)ncnc3[nH]2)cc1. The number of urea groups is 1. The first-order valence-corrected chi connectivity index (χ1v) is 13.4. The van der Waals surface area contributed by atoms with Crippen LogP contribution in [0.25, 0.3) is 22.3 Å². The number of aliphatic hydroxyl groups is 1. The Hall–Kier alpha value is -4.22. The van der Waals surface area contributed by atoms with Crippen molar-refractivity contribution >= 4 is 22.8 Å². The van der Waals surface area contributed by atoms with E-state index in [1.54, 1.807) is 6.07 Å². The predicted molar refractivity (Wildman–Crippen MR) is 150 cm³/mol. The second-order valence-electron chi connectivity index (χ2n) is 9.72. The van der Waals surface area contributed by atoms with Crippen LogP contribution in [0, 0.1) is 5.82 Å². The lowest BCUT2D eigenvalue weighted by molar-refractivity contribution is 0.0716. The summed E-state index contributed by atoms with van der Waals surface area (Å²) in [4.78, 5) is 25.9. The molecule has 11 heteroatoms. The van der Waals surface area contributed by atoms with Crippen molar-refractivity contribution in [3.8, 4) is 28.6 Å². The zero-order valence-corrected chi connectivity index (χ0v) is 22.5. The molecule has 1 aliphatic rings. The highest BCUT2D eigenvalue weighted by atomic mass is 19.1. The van der Waals surface area contributed by atoms with Gasteiger partial charge in [0.2, 0.25) is 5.88 Å². The topological polar surface area (TPSA) is 125 Å². The van der Waals surface area contributed by atoms with Gasteiger partial charge in [-0.05, 0) is 74.0 Å². The number of nitrogens with zero attached hydrogens (tertiary/aromatic N) is 3. The van der Waals surface area contributed by atoms with Crippen LogP contribution in [0.3, 0.4) is 0 Å². The smallest absolute Gasteiger partial charge is 0.319 e. The van der Waals surface area contributed by atoms with Crippen LogP contribution in [0.4, 0.5) is 14.9 Å². The summed E-state index contributed by atoms with van der Waals surface area (Å²) in [6, 6.07) is 13.3. The Morgan fingerprint density at radius 1 is 1.12 bits per heavy atom. The maximum Gasteiger partial charge on any atom is 0.319 e. The molecule has 2 heterocycles. The molecule has 1 saturated carbocycles. The quantitative estimate of drug-likeness (QED) is 0.198. The molecule has 4 N–H and O–H groups in total. The lowest BCUT2D eigenvalue weighted by Crippen LogP contribution is -2.35. The van der Waals surface area contributed by atoms with E-state index in [-0.39, 0.29) is 30.0 Å². The molecule has 0 saturated heterocycles. The van der Waals surface area contributed by atoms with Gasteiger partial charge in [0.1, 0.15) is 42.0 Å². The van der Waals surface area contributed by atoms with Crippen molar-refractivity contribution in [2.45, 2.75) is 38.8 Å². The highest BCUT2D eigenvalue weighted by molar-refractivity contribution is 5.90. The largest absolute Gasteiger partial charge is 0.491 e. The van der Waals surface area contributed by atoms with Gasteiger partial charge in [-0.2, -0.15) is 0 Å². The van der Waals surface area contributed by atoms with Crippen LogP contribution in [-0.2, 0) is 0 Å². The second kappa shape index (κ2) is 12.3. The Kier molecular flexibility index (Phi) is 8.42. The van der Waals surface area contributed by atoms with Gasteiger partial charge in [-0.3, -0.25) is 0 Å². The standard InChI is InChI=1S/C29H33FN6O4/c1-3-36(4-2)15-20(37)16-39-21-9-5-18(6-10-21)26-14-23-27(34-26)31-17-32-28(23)40-22-11-12-25(24(30)13-22)35-29(38)33-19-7-8-19/h5-6,9-14,17,19-20,37H,3-4,7-8,15-16H2,1-2H3,(H,31,32,34)(H2,33,35,38)/t20-/m1/s1. The number of hydrogen-bond donors (Lipinski definition) is 4. The number of aromatic nitrogens is 3. The molecule has 2 amide bonds. The number of likely N-dealkylation sites (N-methyl/N-ethyl adjacent to an activating group) is 1. The van der Waals surface area contributed by atoms with Crippen LogP contribution in [0.2, 0.25) is 0 Å². The molecule has 0 spiro atoms. The Morgan fingerprint density at radius 2 is 1.88 bits per heavy atom. The molecular formula is C29H33FN6O4. The van der Waals surface area contributed by atoms with E-state index in [2.05, 4.69) is 44.3 Å². The molecule has 1 atom stereocenters. The maximum atomic E-state index is 14.6. The molecule has 0 aliphatic heterocycles. The van der Waals surface area contributed by atoms with Crippen LogP contribution in [0.1, 0.15) is 26.7 Å². The summed E-state index contributed by atoms with van der Waals surface area (Å²) in [6.45, 7) is 6.67. The third-order valence-electron chi connectivity index (χ3n) is 6.68. The van der Waals surface area contributed by atoms with Crippen molar-refractivity contribution in [2.24, 2.45) is 0 Å². The minimum atomic E-state index is -0.619. The Labute approximate surface area is 231 Å². The molecular weight excluding hydrogens is 515 g/mol. The van der Waals surface area contributed by atoms with Crippen LogP contribution in [0.15, 0.2) is 54.9 Å². The molecule has 1 aliphatic carbocycles. The molecule has 210 valence electrons. The molecule has 0 radical (unpaired) electrons. The van der Waals surface area contributed by atoms with Gasteiger partial charge in [0.25, 0.3) is 0 Å². The van der Waals surface area contributed by atoms with Crippen LogP contribution in [-0.4, -0.2) is 69.4 Å². The van der Waals surface area contributed by atoms with Gasteiger partial charge < -0.3 is 35.1 Å². The number of anilines is 1. The monoisotopic (exact) mass is 548 g/mol. The average Bonchev–Trinajstić information content (AvgIpc) is 3.66. The lowest BCUT2D eigenvalue weighted by Gasteiger charge is -2.21. The Balaban J connectivity index is 1.24. The van der Waals surface area contributed by atoms with Crippen molar-refractivity contribution in [3.05, 3.63) is 60.7 Å². The van der Waals surface area contributed by atoms with Crippen LogP contribution < -0.4 is 20.1 Å². The predicted octanol–water partition coefficient (Wildman–Crippen LogP) is 4.92. The summed E-state index contributed by atoms with van der Waals surface area (Å²) >= 11 is 0. The van der Waals surface area contributed by atoms with Crippen molar-refractivity contribution in [3.63, 3.8) is 0 Å². The average molecular weight is 549 g/mol. The summed E-state index contributed by atoms with van der Waals surface area (Å²) in [5.74, 6) is 0.540. The highest BCUT2D eigenvalue weighted by Crippen LogP contribution is 2.32. The molecule has 0 bridgehead atoms. The molecule has 4 aromatic rings. The van der Waals surface area contributed by atoms with E-state index in [0.29, 0.717) is 23.3 Å². The van der Waals surface area contributed by atoms with Crippen molar-refractivity contribution in [2.75, 3.05) is 31.6 Å². The summed E-state index contributed by atoms with van der Waals surface area (Å²) < 4.78 is 26.3. The number of rotatable bonds is 12. The zero-order valence-electron chi connectivity index (χ0n) is 22.5. The Morgan fingerprint density at radius 3 is 2.58 bits per heavy atom. The first-order chi connectivity index (χ1) is 19.4. The number of nitrogens with one attached hydrogen (secondary N) is 3. The number of amides is 2. The summed E-state index contributed by atoms with van der Waals surface area (Å²) in [5.41, 5.74) is 2.32. The molecule has 2 aromatic heterocycles. The van der Waals surface area contributed by atoms with Gasteiger partial charge in [0, 0.05) is 24.3 Å². The van der Waals surface area contributed by atoms with Gasteiger partial charge >= 0.3 is 6.03 Å². The number of fused-ring (bicyclic) bond motifs is 1. The van der Waals surface area contributed by atoms with Gasteiger partial charge in [-0.1, -0.05) is 13.8 Å². The number of carbonyl (C=O) groups excluding carboxylic acids is 1. The van der Waals surface area contributed by atoms with E-state index >= 15 is 0 Å². The van der Waals surface area contributed by atoms with E-state index in [9.17, 15) is 14.3 Å². The van der Waals surface area contributed by atoms with Crippen molar-refractivity contribution in [1.29, 1.82) is 0 Å². The normalized spacial score (nSPS) is 13.8. The third kappa shape index (κ3) is 6.85. The number of ether oxygens (including phenoxy) is 2. The Bertz CT molecular complexity index is 1450. The zero-order chi connectivity index (χ0) is 28.1. The fraction of sp³-hybridized carbons (Fsp3) is 0.345. The van der Waals surface area contributed by atoms with Crippen molar-refractivity contribution < 1.29 is 23.8 Å². The minimum Gasteiger partial charge on any atom is -0.491 e. The highest BCUT2D eigenvalue weighted by Gasteiger charge is 2.23. The van der Waals surface area contributed by atoms with Crippen LogP contribution >= 0.6 is 0 Å². The number of carbonyl (C=O) groups is 1. The van der Waals surface area contributed by atoms with Crippen LogP contribution in [0.5, 0.6) is 17.4 Å². The second-order valence-corrected chi connectivity index (χ2v) is 9.72. The van der Waals surface area contributed by atoms with Gasteiger partial charge in [-0.25, -0.2) is 19.2 Å². The number of hydrogen-bond acceptors (Lipinski definition) is 7. The minimum absolute atomic E-state index is 0.0630. The molecule has 1 fully saturated rings. The first kappa shape index (κ1) is 27.4. The van der Waals surface area contributed by atoms with Gasteiger partial charge in [0.05, 0.1) is 11.1 Å². The lowest BCUT2D eigenvalue weighted by atomic mass is 10.1. The molecule has 10 nitrogen and oxygen atoms in total. The number of aliphatic hydroxyl groups excluding tert-OH is 1. The number of halogens is 1. The van der Waals surface area contributed by atoms with Gasteiger partial charge in [-0.15, -0.1) is 0 Å². The number of H-pyrrole nitrogens is 1. The first-order valence-electron chi connectivity index (χ1n) is 13.4.